The van der Waals surface area contributed by atoms with Gasteiger partial charge in [0.05, 0.1) is 12.2 Å². The number of ether oxygens (including phenoxy) is 1. The zero-order valence-electron chi connectivity index (χ0n) is 12.3. The summed E-state index contributed by atoms with van der Waals surface area (Å²) in [6, 6.07) is 0.708. The van der Waals surface area contributed by atoms with Crippen LogP contribution in [0.2, 0.25) is 0 Å². The zero-order valence-corrected chi connectivity index (χ0v) is 12.3. The molecule has 0 spiro atoms. The Morgan fingerprint density at radius 3 is 2.39 bits per heavy atom. The van der Waals surface area contributed by atoms with Crippen molar-refractivity contribution in [1.29, 1.82) is 0 Å². The van der Waals surface area contributed by atoms with Gasteiger partial charge in [-0.1, -0.05) is 33.1 Å². The van der Waals surface area contributed by atoms with Crippen LogP contribution in [-0.2, 0) is 4.74 Å². The van der Waals surface area contributed by atoms with Gasteiger partial charge in [-0.2, -0.15) is 0 Å². The standard InChI is InChI=1S/C16H31NO/c1-3-13-7-5-9-15(11-13)18-16-10-6-8-14(12-16)17-4-2/h13-17H,3-12H2,1-2H3. The molecule has 18 heavy (non-hydrogen) atoms. The van der Waals surface area contributed by atoms with Gasteiger partial charge >= 0.3 is 0 Å². The Bertz CT molecular complexity index is 229. The first kappa shape index (κ1) is 14.3. The predicted molar refractivity (Wildman–Crippen MR) is 76.8 cm³/mol. The Morgan fingerprint density at radius 2 is 1.67 bits per heavy atom. The van der Waals surface area contributed by atoms with Gasteiger partial charge in [0.2, 0.25) is 0 Å². The lowest BCUT2D eigenvalue weighted by atomic mass is 9.85. The van der Waals surface area contributed by atoms with E-state index in [1.807, 2.05) is 0 Å². The maximum atomic E-state index is 6.40. The molecule has 4 unspecified atom stereocenters. The topological polar surface area (TPSA) is 21.3 Å². The molecule has 2 nitrogen and oxygen atoms in total. The van der Waals surface area contributed by atoms with Crippen molar-refractivity contribution in [2.45, 2.75) is 89.9 Å². The van der Waals surface area contributed by atoms with Crippen LogP contribution in [0.25, 0.3) is 0 Å². The average molecular weight is 253 g/mol. The molecule has 1 N–H and O–H groups in total. The lowest BCUT2D eigenvalue weighted by Crippen LogP contribution is -2.38. The summed E-state index contributed by atoms with van der Waals surface area (Å²) in [6.45, 7) is 5.63. The van der Waals surface area contributed by atoms with Crippen molar-refractivity contribution in [2.24, 2.45) is 5.92 Å². The molecule has 0 bridgehead atoms. The highest BCUT2D eigenvalue weighted by atomic mass is 16.5. The van der Waals surface area contributed by atoms with Crippen LogP contribution in [0, 0.1) is 5.92 Å². The van der Waals surface area contributed by atoms with Gasteiger partial charge in [-0.3, -0.25) is 0 Å². The predicted octanol–water partition coefficient (Wildman–Crippen LogP) is 3.89. The van der Waals surface area contributed by atoms with Gasteiger partial charge in [-0.25, -0.2) is 0 Å². The Hall–Kier alpha value is -0.0800. The minimum absolute atomic E-state index is 0.531. The number of hydrogen-bond acceptors (Lipinski definition) is 2. The molecule has 2 aliphatic carbocycles. The summed E-state index contributed by atoms with van der Waals surface area (Å²) in [4.78, 5) is 0. The van der Waals surface area contributed by atoms with Crippen molar-refractivity contribution >= 4 is 0 Å². The van der Waals surface area contributed by atoms with Crippen LogP contribution in [-0.4, -0.2) is 24.8 Å². The van der Waals surface area contributed by atoms with Gasteiger partial charge in [-0.15, -0.1) is 0 Å². The molecule has 2 fully saturated rings. The first-order valence-electron chi connectivity index (χ1n) is 8.20. The van der Waals surface area contributed by atoms with Crippen molar-refractivity contribution in [3.8, 4) is 0 Å². The van der Waals surface area contributed by atoms with Gasteiger partial charge in [0.15, 0.2) is 0 Å². The van der Waals surface area contributed by atoms with E-state index < -0.39 is 0 Å². The molecule has 0 heterocycles. The van der Waals surface area contributed by atoms with Gasteiger partial charge in [0.1, 0.15) is 0 Å². The van der Waals surface area contributed by atoms with E-state index in [9.17, 15) is 0 Å². The van der Waals surface area contributed by atoms with Crippen LogP contribution in [0.15, 0.2) is 0 Å². The van der Waals surface area contributed by atoms with Gasteiger partial charge in [0.25, 0.3) is 0 Å². The molecule has 0 aliphatic heterocycles. The molecule has 0 aromatic heterocycles. The number of hydrogen-bond donors (Lipinski definition) is 1. The second-order valence-electron chi connectivity index (χ2n) is 6.24. The third-order valence-electron chi connectivity index (χ3n) is 4.82. The van der Waals surface area contributed by atoms with Gasteiger partial charge < -0.3 is 10.1 Å². The average Bonchev–Trinajstić information content (AvgIpc) is 2.40. The Balaban J connectivity index is 1.74. The highest BCUT2D eigenvalue weighted by Gasteiger charge is 2.27. The van der Waals surface area contributed by atoms with Crippen molar-refractivity contribution in [1.82, 2.24) is 5.32 Å². The van der Waals surface area contributed by atoms with Crippen molar-refractivity contribution in [2.75, 3.05) is 6.54 Å². The Kier molecular flexibility index (Phi) is 5.97. The highest BCUT2D eigenvalue weighted by molar-refractivity contribution is 4.80. The second-order valence-corrected chi connectivity index (χ2v) is 6.24. The van der Waals surface area contributed by atoms with Crippen LogP contribution in [0.5, 0.6) is 0 Å². The van der Waals surface area contributed by atoms with Crippen LogP contribution in [0.1, 0.15) is 71.6 Å². The largest absolute Gasteiger partial charge is 0.375 e. The SMILES string of the molecule is CCNC1CCCC(OC2CCCC(CC)C2)C1. The third kappa shape index (κ3) is 4.24. The zero-order chi connectivity index (χ0) is 12.8. The van der Waals surface area contributed by atoms with E-state index in [2.05, 4.69) is 19.2 Å². The fourth-order valence-corrected chi connectivity index (χ4v) is 3.75. The second kappa shape index (κ2) is 7.49. The molecule has 2 rings (SSSR count). The van der Waals surface area contributed by atoms with E-state index in [1.165, 1.54) is 57.8 Å². The van der Waals surface area contributed by atoms with E-state index in [0.29, 0.717) is 18.2 Å². The highest BCUT2D eigenvalue weighted by Crippen LogP contribution is 2.31. The molecule has 0 aromatic rings. The molecule has 4 atom stereocenters. The third-order valence-corrected chi connectivity index (χ3v) is 4.82. The summed E-state index contributed by atoms with van der Waals surface area (Å²) in [7, 11) is 0. The number of rotatable bonds is 5. The smallest absolute Gasteiger partial charge is 0.0593 e. The normalized spacial score (nSPS) is 37.7. The minimum Gasteiger partial charge on any atom is -0.375 e. The van der Waals surface area contributed by atoms with Gasteiger partial charge in [0, 0.05) is 6.04 Å². The van der Waals surface area contributed by atoms with Gasteiger partial charge in [-0.05, 0) is 51.0 Å². The summed E-state index contributed by atoms with van der Waals surface area (Å²) in [5.74, 6) is 0.928. The van der Waals surface area contributed by atoms with Crippen molar-refractivity contribution < 1.29 is 4.74 Å². The van der Waals surface area contributed by atoms with E-state index in [1.54, 1.807) is 0 Å². The molecule has 2 aliphatic rings. The lowest BCUT2D eigenvalue weighted by Gasteiger charge is -2.35. The molecular weight excluding hydrogens is 222 g/mol. The van der Waals surface area contributed by atoms with Crippen molar-refractivity contribution in [3.05, 3.63) is 0 Å². The fourth-order valence-electron chi connectivity index (χ4n) is 3.75. The molecule has 0 radical (unpaired) electrons. The number of nitrogens with one attached hydrogen (secondary N) is 1. The maximum absolute atomic E-state index is 6.40. The Morgan fingerprint density at radius 1 is 0.944 bits per heavy atom. The summed E-state index contributed by atoms with van der Waals surface area (Å²) < 4.78 is 6.40. The molecule has 0 amide bonds. The molecule has 0 aromatic carbocycles. The van der Waals surface area contributed by atoms with Crippen LogP contribution >= 0.6 is 0 Å². The fraction of sp³-hybridized carbons (Fsp3) is 1.00. The van der Waals surface area contributed by atoms with Crippen molar-refractivity contribution in [3.63, 3.8) is 0 Å². The first-order chi connectivity index (χ1) is 8.81. The summed E-state index contributed by atoms with van der Waals surface area (Å²) in [5, 5.41) is 3.59. The molecule has 2 heteroatoms. The molecule has 106 valence electrons. The van der Waals surface area contributed by atoms with E-state index in [4.69, 9.17) is 4.74 Å². The van der Waals surface area contributed by atoms with Crippen LogP contribution in [0.4, 0.5) is 0 Å². The summed E-state index contributed by atoms with van der Waals surface area (Å²) in [5.41, 5.74) is 0. The quantitative estimate of drug-likeness (QED) is 0.802. The summed E-state index contributed by atoms with van der Waals surface area (Å²) in [6.07, 6.45) is 13.1. The summed E-state index contributed by atoms with van der Waals surface area (Å²) >= 11 is 0. The minimum atomic E-state index is 0.531. The molecular formula is C16H31NO. The van der Waals surface area contributed by atoms with Crippen LogP contribution in [0.3, 0.4) is 0 Å². The maximum Gasteiger partial charge on any atom is 0.0593 e. The first-order valence-corrected chi connectivity index (χ1v) is 8.20. The lowest BCUT2D eigenvalue weighted by molar-refractivity contribution is -0.0590. The Labute approximate surface area is 113 Å². The van der Waals surface area contributed by atoms with E-state index >= 15 is 0 Å². The monoisotopic (exact) mass is 253 g/mol. The van der Waals surface area contributed by atoms with E-state index in [0.717, 1.165) is 12.5 Å². The van der Waals surface area contributed by atoms with Crippen LogP contribution < -0.4 is 5.32 Å². The molecule has 2 saturated carbocycles. The van der Waals surface area contributed by atoms with E-state index in [-0.39, 0.29) is 0 Å². The molecule has 0 saturated heterocycles.